The molecule has 0 amide bonds. The van der Waals surface area contributed by atoms with Crippen LogP contribution in [0.4, 0.5) is 0 Å². The van der Waals surface area contributed by atoms with Crippen LogP contribution in [-0.2, 0) is 6.54 Å². The minimum atomic E-state index is 0.0359. The number of aromatic nitrogens is 2. The lowest BCUT2D eigenvalue weighted by Gasteiger charge is -2.27. The number of pyridine rings is 1. The highest BCUT2D eigenvalue weighted by Gasteiger charge is 2.44. The van der Waals surface area contributed by atoms with Gasteiger partial charge in [-0.2, -0.15) is 0 Å². The second-order valence-corrected chi connectivity index (χ2v) is 9.03. The lowest BCUT2D eigenvalue weighted by molar-refractivity contribution is 0.320. The molecule has 2 aliphatic rings. The third-order valence-corrected chi connectivity index (χ3v) is 6.81. The summed E-state index contributed by atoms with van der Waals surface area (Å²) in [6, 6.07) is 12.6. The highest BCUT2D eigenvalue weighted by atomic mass is 32.2. The number of furan rings is 1. The van der Waals surface area contributed by atoms with Crippen molar-refractivity contribution in [3.05, 3.63) is 77.3 Å². The van der Waals surface area contributed by atoms with Crippen molar-refractivity contribution < 1.29 is 4.42 Å². The van der Waals surface area contributed by atoms with Crippen molar-refractivity contribution in [1.29, 1.82) is 0 Å². The van der Waals surface area contributed by atoms with Gasteiger partial charge in [-0.3, -0.25) is 9.98 Å². The summed E-state index contributed by atoms with van der Waals surface area (Å²) in [4.78, 5) is 12.2. The van der Waals surface area contributed by atoms with Crippen molar-refractivity contribution in [3.8, 4) is 0 Å². The zero-order valence-corrected chi connectivity index (χ0v) is 17.2. The van der Waals surface area contributed by atoms with E-state index in [9.17, 15) is 0 Å². The lowest BCUT2D eigenvalue weighted by Crippen LogP contribution is -2.29. The number of rotatable bonds is 4. The van der Waals surface area contributed by atoms with Crippen molar-refractivity contribution in [2.24, 2.45) is 4.99 Å². The zero-order valence-electron chi connectivity index (χ0n) is 16.4. The monoisotopic (exact) mass is 392 g/mol. The third kappa shape index (κ3) is 2.87. The molecular formula is C22H24N4OS. The van der Waals surface area contributed by atoms with Gasteiger partial charge in [-0.15, -0.1) is 0 Å². The number of fused-ring (bicyclic) bond motifs is 1. The van der Waals surface area contributed by atoms with Gasteiger partial charge in [0.25, 0.3) is 0 Å². The van der Waals surface area contributed by atoms with Gasteiger partial charge in [-0.1, -0.05) is 24.8 Å². The van der Waals surface area contributed by atoms with Crippen LogP contribution in [0.2, 0.25) is 0 Å². The van der Waals surface area contributed by atoms with Crippen LogP contribution >= 0.6 is 11.8 Å². The number of aryl methyl sites for hydroxylation is 1. The molecule has 0 aliphatic carbocycles. The summed E-state index contributed by atoms with van der Waals surface area (Å²) in [7, 11) is 0. The molecule has 3 aromatic rings. The Morgan fingerprint density at radius 2 is 2.11 bits per heavy atom. The Hall–Kier alpha value is -2.47. The highest BCUT2D eigenvalue weighted by molar-refractivity contribution is 8.14. The smallest absolute Gasteiger partial charge is 0.160 e. The Morgan fingerprint density at radius 3 is 2.86 bits per heavy atom. The summed E-state index contributed by atoms with van der Waals surface area (Å²) >= 11 is 1.88. The molecule has 1 fully saturated rings. The van der Waals surface area contributed by atoms with E-state index in [1.165, 1.54) is 17.0 Å². The number of aliphatic imine (C=N–C) groups is 1. The molecule has 0 unspecified atom stereocenters. The summed E-state index contributed by atoms with van der Waals surface area (Å²) in [5.74, 6) is 0.975. The molecule has 3 aromatic heterocycles. The molecule has 0 radical (unpaired) electrons. The van der Waals surface area contributed by atoms with Gasteiger partial charge in [0.05, 0.1) is 24.5 Å². The number of hydrogen-bond donors (Lipinski definition) is 0. The van der Waals surface area contributed by atoms with Crippen LogP contribution in [0.15, 0.2) is 58.3 Å². The maximum absolute atomic E-state index is 5.59. The average Bonchev–Trinajstić information content (AvgIpc) is 3.44. The first kappa shape index (κ1) is 17.6. The van der Waals surface area contributed by atoms with Gasteiger partial charge < -0.3 is 13.9 Å². The van der Waals surface area contributed by atoms with Gasteiger partial charge in [-0.25, -0.2) is 0 Å². The first-order valence-electron chi connectivity index (χ1n) is 9.73. The fourth-order valence-corrected chi connectivity index (χ4v) is 5.48. The maximum atomic E-state index is 5.59. The SMILES string of the molecule is Cc1cc([C@H]2[C@H](c3ccccn3)N=C3S[C@@H](C)CN32)c(C)n1Cc1ccco1. The van der Waals surface area contributed by atoms with Crippen LogP contribution in [0.25, 0.3) is 0 Å². The normalized spacial score (nSPS) is 23.9. The van der Waals surface area contributed by atoms with Gasteiger partial charge in [0, 0.05) is 29.4 Å². The average molecular weight is 393 g/mol. The summed E-state index contributed by atoms with van der Waals surface area (Å²) in [6.07, 6.45) is 3.60. The Kier molecular flexibility index (Phi) is 4.31. The van der Waals surface area contributed by atoms with E-state index >= 15 is 0 Å². The standard InChI is InChI=1S/C22H24N4OS/c1-14-11-18(16(3)25(14)13-17-7-6-10-27-17)21-20(19-8-4-5-9-23-19)24-22-26(21)12-15(2)28-22/h4-11,15,20-21H,12-13H2,1-3H3/t15-,20-,21-/m0/s1. The molecule has 0 saturated carbocycles. The summed E-state index contributed by atoms with van der Waals surface area (Å²) in [5, 5.41) is 1.72. The van der Waals surface area contributed by atoms with E-state index in [2.05, 4.69) is 53.4 Å². The van der Waals surface area contributed by atoms with Gasteiger partial charge >= 0.3 is 0 Å². The van der Waals surface area contributed by atoms with Crippen LogP contribution in [0, 0.1) is 13.8 Å². The Bertz CT molecular complexity index is 1010. The molecule has 0 aromatic carbocycles. The summed E-state index contributed by atoms with van der Waals surface area (Å²) in [6.45, 7) is 8.45. The van der Waals surface area contributed by atoms with E-state index in [1.54, 1.807) is 6.26 Å². The van der Waals surface area contributed by atoms with E-state index in [0.717, 1.165) is 29.7 Å². The second-order valence-electron chi connectivity index (χ2n) is 7.63. The van der Waals surface area contributed by atoms with Crippen molar-refractivity contribution in [1.82, 2.24) is 14.5 Å². The van der Waals surface area contributed by atoms with Crippen molar-refractivity contribution >= 4 is 16.9 Å². The van der Waals surface area contributed by atoms with Gasteiger partial charge in [0.1, 0.15) is 11.8 Å². The quantitative estimate of drug-likeness (QED) is 0.644. The van der Waals surface area contributed by atoms with E-state index in [-0.39, 0.29) is 12.1 Å². The fourth-order valence-electron chi connectivity index (χ4n) is 4.38. The van der Waals surface area contributed by atoms with E-state index in [4.69, 9.17) is 9.41 Å². The van der Waals surface area contributed by atoms with Gasteiger partial charge in [-0.05, 0) is 49.7 Å². The highest BCUT2D eigenvalue weighted by Crippen LogP contribution is 2.48. The third-order valence-electron chi connectivity index (χ3n) is 5.71. The minimum Gasteiger partial charge on any atom is -0.467 e. The molecule has 28 heavy (non-hydrogen) atoms. The van der Waals surface area contributed by atoms with Crippen LogP contribution in [-0.4, -0.2) is 31.4 Å². The molecule has 1 saturated heterocycles. The number of amidine groups is 1. The fraction of sp³-hybridized carbons (Fsp3) is 0.364. The molecule has 2 aliphatic heterocycles. The van der Waals surface area contributed by atoms with Gasteiger partial charge in [0.15, 0.2) is 5.17 Å². The minimum absolute atomic E-state index is 0.0359. The van der Waals surface area contributed by atoms with E-state index in [0.29, 0.717) is 5.25 Å². The van der Waals surface area contributed by atoms with E-state index < -0.39 is 0 Å². The predicted molar refractivity (Wildman–Crippen MR) is 113 cm³/mol. The van der Waals surface area contributed by atoms with Crippen LogP contribution in [0.1, 0.15) is 47.4 Å². The largest absolute Gasteiger partial charge is 0.467 e. The molecule has 5 heterocycles. The molecule has 3 atom stereocenters. The first-order chi connectivity index (χ1) is 13.6. The molecule has 0 N–H and O–H groups in total. The molecule has 0 spiro atoms. The van der Waals surface area contributed by atoms with Crippen LogP contribution in [0.5, 0.6) is 0 Å². The van der Waals surface area contributed by atoms with Crippen molar-refractivity contribution in [2.45, 2.75) is 44.6 Å². The van der Waals surface area contributed by atoms with Crippen molar-refractivity contribution in [2.75, 3.05) is 6.54 Å². The topological polar surface area (TPSA) is 46.6 Å². The molecule has 5 rings (SSSR count). The summed E-state index contributed by atoms with van der Waals surface area (Å²) in [5.41, 5.74) is 4.91. The zero-order chi connectivity index (χ0) is 19.3. The number of thioether (sulfide) groups is 1. The maximum Gasteiger partial charge on any atom is 0.160 e. The molecule has 5 nitrogen and oxygen atoms in total. The van der Waals surface area contributed by atoms with Crippen LogP contribution < -0.4 is 0 Å². The van der Waals surface area contributed by atoms with Gasteiger partial charge in [0.2, 0.25) is 0 Å². The Morgan fingerprint density at radius 1 is 1.21 bits per heavy atom. The van der Waals surface area contributed by atoms with Crippen molar-refractivity contribution in [3.63, 3.8) is 0 Å². The Labute approximate surface area is 169 Å². The lowest BCUT2D eigenvalue weighted by atomic mass is 9.96. The Balaban J connectivity index is 1.56. The number of nitrogens with zero attached hydrogens (tertiary/aromatic N) is 4. The predicted octanol–water partition coefficient (Wildman–Crippen LogP) is 4.73. The van der Waals surface area contributed by atoms with Crippen LogP contribution in [0.3, 0.4) is 0 Å². The molecule has 0 bridgehead atoms. The molecule has 144 valence electrons. The number of hydrogen-bond acceptors (Lipinski definition) is 5. The summed E-state index contributed by atoms with van der Waals surface area (Å²) < 4.78 is 7.93. The molecular weight excluding hydrogens is 368 g/mol. The second kappa shape index (κ2) is 6.85. The molecule has 6 heteroatoms. The first-order valence-corrected chi connectivity index (χ1v) is 10.6. The van der Waals surface area contributed by atoms with E-state index in [1.807, 2.05) is 36.2 Å².